The van der Waals surface area contributed by atoms with Gasteiger partial charge in [0.25, 0.3) is 5.56 Å². The molecule has 0 aliphatic rings. The van der Waals surface area contributed by atoms with Crippen LogP contribution in [0.25, 0.3) is 10.2 Å². The van der Waals surface area contributed by atoms with Gasteiger partial charge in [0.2, 0.25) is 5.91 Å². The Bertz CT molecular complexity index is 1150. The molecule has 0 bridgehead atoms. The molecule has 156 valence electrons. The van der Waals surface area contributed by atoms with Crippen molar-refractivity contribution >= 4 is 44.9 Å². The van der Waals surface area contributed by atoms with Gasteiger partial charge in [-0.1, -0.05) is 13.3 Å². The first kappa shape index (κ1) is 21.4. The number of amides is 1. The van der Waals surface area contributed by atoms with Gasteiger partial charge in [-0.3, -0.25) is 19.0 Å². The number of ketones is 1. The van der Waals surface area contributed by atoms with Crippen molar-refractivity contribution in [2.24, 2.45) is 0 Å². The number of nitrogens with zero attached hydrogens (tertiary/aromatic N) is 2. The maximum absolute atomic E-state index is 12.9. The smallest absolute Gasteiger partial charge is 0.339 e. The summed E-state index contributed by atoms with van der Waals surface area (Å²) in [5.41, 5.74) is 0.668. The van der Waals surface area contributed by atoms with Gasteiger partial charge in [0, 0.05) is 23.6 Å². The van der Waals surface area contributed by atoms with Crippen LogP contribution < -0.4 is 10.9 Å². The largest absolute Gasteiger partial charge is 0.462 e. The van der Waals surface area contributed by atoms with Crippen LogP contribution in [0.15, 0.2) is 40.8 Å². The fourth-order valence-corrected chi connectivity index (χ4v) is 3.67. The molecule has 0 aliphatic heterocycles. The van der Waals surface area contributed by atoms with Gasteiger partial charge >= 0.3 is 5.97 Å². The number of aromatic nitrogens is 2. The zero-order valence-corrected chi connectivity index (χ0v) is 17.5. The van der Waals surface area contributed by atoms with Gasteiger partial charge in [-0.15, -0.1) is 11.3 Å². The Labute approximate surface area is 176 Å². The summed E-state index contributed by atoms with van der Waals surface area (Å²) in [6.07, 6.45) is 2.93. The number of thiophene rings is 1. The summed E-state index contributed by atoms with van der Waals surface area (Å²) in [6, 6.07) is 6.38. The molecular formula is C21H21N3O5S. The van der Waals surface area contributed by atoms with Gasteiger partial charge in [0.1, 0.15) is 4.83 Å². The predicted molar refractivity (Wildman–Crippen MR) is 114 cm³/mol. The lowest BCUT2D eigenvalue weighted by molar-refractivity contribution is -0.114. The third-order valence-electron chi connectivity index (χ3n) is 4.35. The molecule has 30 heavy (non-hydrogen) atoms. The minimum Gasteiger partial charge on any atom is -0.462 e. The standard InChI is InChI=1S/C21H21N3O5S/c1-3-4-9-29-21(28)16-11-30-19-18(16)20(27)24(12-22-19)10-17(26)14-5-7-15(8-6-14)23-13(2)25/h5-8,11-12H,3-4,9-10H2,1-2H3,(H,23,25). The maximum atomic E-state index is 12.9. The maximum Gasteiger partial charge on any atom is 0.339 e. The SMILES string of the molecule is CCCCOC(=O)c1csc2ncn(CC(=O)c3ccc(NC(C)=O)cc3)c(=O)c12. The van der Waals surface area contributed by atoms with Crippen LogP contribution in [0.5, 0.6) is 0 Å². The number of hydrogen-bond donors (Lipinski definition) is 1. The van der Waals surface area contributed by atoms with Crippen molar-refractivity contribution in [3.8, 4) is 0 Å². The van der Waals surface area contributed by atoms with Crippen LogP contribution in [0, 0.1) is 0 Å². The van der Waals surface area contributed by atoms with E-state index in [0.717, 1.165) is 12.8 Å². The van der Waals surface area contributed by atoms with E-state index in [1.165, 1.54) is 29.2 Å². The molecule has 0 radical (unpaired) electrons. The number of hydrogen-bond acceptors (Lipinski definition) is 7. The molecule has 0 saturated heterocycles. The number of anilines is 1. The van der Waals surface area contributed by atoms with Gasteiger partial charge in [0.05, 0.1) is 30.4 Å². The van der Waals surface area contributed by atoms with Crippen LogP contribution >= 0.6 is 11.3 Å². The summed E-state index contributed by atoms with van der Waals surface area (Å²) < 4.78 is 6.40. The molecule has 0 fully saturated rings. The Balaban J connectivity index is 1.82. The van der Waals surface area contributed by atoms with Crippen molar-refractivity contribution in [3.63, 3.8) is 0 Å². The molecule has 0 aliphatic carbocycles. The number of esters is 1. The van der Waals surface area contributed by atoms with E-state index >= 15 is 0 Å². The van der Waals surface area contributed by atoms with Crippen LogP contribution in [-0.4, -0.2) is 33.8 Å². The Kier molecular flexibility index (Phi) is 6.73. The molecule has 1 aromatic carbocycles. The molecule has 0 spiro atoms. The van der Waals surface area contributed by atoms with Crippen LogP contribution in [0.2, 0.25) is 0 Å². The Hall–Kier alpha value is -3.33. The molecule has 0 saturated carbocycles. The van der Waals surface area contributed by atoms with Gasteiger partial charge in [-0.2, -0.15) is 0 Å². The molecule has 3 aromatic rings. The highest BCUT2D eigenvalue weighted by atomic mass is 32.1. The number of Topliss-reactive ketones (excluding diaryl/α,β-unsaturated/α-hetero) is 1. The molecule has 2 heterocycles. The lowest BCUT2D eigenvalue weighted by Gasteiger charge is -2.07. The first-order valence-electron chi connectivity index (χ1n) is 9.45. The Morgan fingerprint density at radius 1 is 1.20 bits per heavy atom. The summed E-state index contributed by atoms with van der Waals surface area (Å²) in [5, 5.41) is 4.34. The molecule has 9 heteroatoms. The van der Waals surface area contributed by atoms with E-state index in [1.807, 2.05) is 6.92 Å². The van der Waals surface area contributed by atoms with Crippen LogP contribution in [0.1, 0.15) is 47.4 Å². The van der Waals surface area contributed by atoms with Gasteiger partial charge in [-0.25, -0.2) is 9.78 Å². The predicted octanol–water partition coefficient (Wildman–Crippen LogP) is 3.26. The second-order valence-corrected chi connectivity index (χ2v) is 7.54. The summed E-state index contributed by atoms with van der Waals surface area (Å²) in [6.45, 7) is 3.45. The zero-order valence-electron chi connectivity index (χ0n) is 16.6. The van der Waals surface area contributed by atoms with Crippen molar-refractivity contribution in [2.75, 3.05) is 11.9 Å². The minimum absolute atomic E-state index is 0.165. The lowest BCUT2D eigenvalue weighted by Crippen LogP contribution is -2.25. The summed E-state index contributed by atoms with van der Waals surface area (Å²) >= 11 is 1.18. The molecule has 3 rings (SSSR count). The van der Waals surface area contributed by atoms with Crippen molar-refractivity contribution < 1.29 is 19.1 Å². The number of ether oxygens (including phenoxy) is 1. The molecule has 2 aromatic heterocycles. The van der Waals surface area contributed by atoms with Crippen molar-refractivity contribution in [2.45, 2.75) is 33.2 Å². The highest BCUT2D eigenvalue weighted by molar-refractivity contribution is 7.17. The summed E-state index contributed by atoms with van der Waals surface area (Å²) in [5.74, 6) is -1.07. The van der Waals surface area contributed by atoms with Crippen molar-refractivity contribution in [1.29, 1.82) is 0 Å². The quantitative estimate of drug-likeness (QED) is 0.336. The topological polar surface area (TPSA) is 107 Å². The van der Waals surface area contributed by atoms with E-state index in [4.69, 9.17) is 4.74 Å². The summed E-state index contributed by atoms with van der Waals surface area (Å²) in [4.78, 5) is 53.6. The number of fused-ring (bicyclic) bond motifs is 1. The lowest BCUT2D eigenvalue weighted by atomic mass is 10.1. The van der Waals surface area contributed by atoms with Crippen LogP contribution in [-0.2, 0) is 16.1 Å². The molecule has 8 nitrogen and oxygen atoms in total. The number of rotatable bonds is 8. The molecule has 0 unspecified atom stereocenters. The first-order chi connectivity index (χ1) is 14.4. The Morgan fingerprint density at radius 2 is 1.93 bits per heavy atom. The molecule has 1 amide bonds. The highest BCUT2D eigenvalue weighted by Crippen LogP contribution is 2.22. The van der Waals surface area contributed by atoms with E-state index in [2.05, 4.69) is 10.3 Å². The number of carbonyl (C=O) groups is 3. The second kappa shape index (κ2) is 9.45. The number of carbonyl (C=O) groups excluding carboxylic acids is 3. The van der Waals surface area contributed by atoms with Crippen molar-refractivity contribution in [1.82, 2.24) is 9.55 Å². The van der Waals surface area contributed by atoms with E-state index < -0.39 is 11.5 Å². The average Bonchev–Trinajstić information content (AvgIpc) is 3.15. The number of unbranched alkanes of at least 4 members (excludes halogenated alkanes) is 1. The molecule has 1 N–H and O–H groups in total. The zero-order chi connectivity index (χ0) is 21.7. The van der Waals surface area contributed by atoms with Crippen molar-refractivity contribution in [3.05, 3.63) is 57.5 Å². The van der Waals surface area contributed by atoms with E-state index in [0.29, 0.717) is 16.1 Å². The fraction of sp³-hybridized carbons (Fsp3) is 0.286. The van der Waals surface area contributed by atoms with Crippen LogP contribution in [0.4, 0.5) is 5.69 Å². The monoisotopic (exact) mass is 427 g/mol. The average molecular weight is 427 g/mol. The van der Waals surface area contributed by atoms with Gasteiger partial charge in [-0.05, 0) is 30.7 Å². The fourth-order valence-electron chi connectivity index (χ4n) is 2.81. The van der Waals surface area contributed by atoms with Crippen LogP contribution in [0.3, 0.4) is 0 Å². The second-order valence-electron chi connectivity index (χ2n) is 6.68. The number of benzene rings is 1. The highest BCUT2D eigenvalue weighted by Gasteiger charge is 2.19. The Morgan fingerprint density at radius 3 is 2.60 bits per heavy atom. The van der Waals surface area contributed by atoms with Gasteiger partial charge < -0.3 is 10.1 Å². The minimum atomic E-state index is -0.564. The third kappa shape index (κ3) is 4.80. The summed E-state index contributed by atoms with van der Waals surface area (Å²) in [7, 11) is 0. The van der Waals surface area contributed by atoms with E-state index in [-0.39, 0.29) is 35.8 Å². The number of nitrogens with one attached hydrogen (secondary N) is 1. The van der Waals surface area contributed by atoms with E-state index in [1.54, 1.807) is 29.6 Å². The van der Waals surface area contributed by atoms with Gasteiger partial charge in [0.15, 0.2) is 5.78 Å². The van der Waals surface area contributed by atoms with E-state index in [9.17, 15) is 19.2 Å². The third-order valence-corrected chi connectivity index (χ3v) is 5.24. The first-order valence-corrected chi connectivity index (χ1v) is 10.3. The molecular weight excluding hydrogens is 406 g/mol. The normalized spacial score (nSPS) is 10.7. The molecule has 0 atom stereocenters.